The zero-order valence-corrected chi connectivity index (χ0v) is 5.79. The summed E-state index contributed by atoms with van der Waals surface area (Å²) in [5.74, 6) is 1.19. The van der Waals surface area contributed by atoms with E-state index in [0.717, 1.165) is 24.7 Å². The van der Waals surface area contributed by atoms with Crippen LogP contribution in [0.15, 0.2) is 23.8 Å². The maximum absolute atomic E-state index is 10.5. The zero-order chi connectivity index (χ0) is 6.97. The van der Waals surface area contributed by atoms with Gasteiger partial charge in [-0.05, 0) is 30.3 Å². The Morgan fingerprint density at radius 3 is 3.20 bits per heavy atom. The number of hydrogen-bond donors (Lipinski definition) is 0. The van der Waals surface area contributed by atoms with E-state index in [1.807, 2.05) is 0 Å². The van der Waals surface area contributed by atoms with Crippen molar-refractivity contribution in [1.82, 2.24) is 0 Å². The molecule has 0 N–H and O–H groups in total. The molecule has 1 heteroatoms. The number of hydrogen-bond acceptors (Lipinski definition) is 1. The molecule has 0 heterocycles. The lowest BCUT2D eigenvalue weighted by molar-refractivity contribution is -0.105. The van der Waals surface area contributed by atoms with E-state index in [9.17, 15) is 4.79 Å². The van der Waals surface area contributed by atoms with Crippen LogP contribution < -0.4 is 0 Å². The number of fused-ring (bicyclic) bond motifs is 1. The fraction of sp³-hybridized carbons (Fsp3) is 0.444. The van der Waals surface area contributed by atoms with Gasteiger partial charge in [0.1, 0.15) is 6.29 Å². The minimum Gasteiger partial charge on any atom is -0.298 e. The van der Waals surface area contributed by atoms with Crippen molar-refractivity contribution in [2.24, 2.45) is 11.8 Å². The van der Waals surface area contributed by atoms with Crippen LogP contribution in [-0.2, 0) is 4.79 Å². The molecule has 2 rings (SSSR count). The van der Waals surface area contributed by atoms with Crippen LogP contribution in [0.25, 0.3) is 0 Å². The van der Waals surface area contributed by atoms with E-state index in [-0.39, 0.29) is 0 Å². The highest BCUT2D eigenvalue weighted by Gasteiger charge is 2.29. The Labute approximate surface area is 60.4 Å². The van der Waals surface area contributed by atoms with Crippen molar-refractivity contribution < 1.29 is 4.79 Å². The Morgan fingerprint density at radius 1 is 1.50 bits per heavy atom. The Morgan fingerprint density at radius 2 is 2.40 bits per heavy atom. The number of rotatable bonds is 1. The lowest BCUT2D eigenvalue weighted by Gasteiger charge is -2.08. The second kappa shape index (κ2) is 2.08. The summed E-state index contributed by atoms with van der Waals surface area (Å²) in [5.41, 5.74) is 1.02. The van der Waals surface area contributed by atoms with Gasteiger partial charge >= 0.3 is 0 Å². The predicted molar refractivity (Wildman–Crippen MR) is 39.5 cm³/mol. The molecule has 0 bridgehead atoms. The Kier molecular flexibility index (Phi) is 1.23. The zero-order valence-electron chi connectivity index (χ0n) is 5.79. The Hall–Kier alpha value is -0.850. The standard InChI is InChI=1S/C9H10O/c10-6-8-5-4-7-2-1-3-9(7)8/h1-2,5-7,9H,3-4H2. The van der Waals surface area contributed by atoms with E-state index < -0.39 is 0 Å². The summed E-state index contributed by atoms with van der Waals surface area (Å²) in [6.07, 6.45) is 9.66. The molecule has 0 amide bonds. The van der Waals surface area contributed by atoms with E-state index in [0.29, 0.717) is 11.8 Å². The average Bonchev–Trinajstić information content (AvgIpc) is 2.44. The average molecular weight is 134 g/mol. The second-order valence-corrected chi connectivity index (χ2v) is 2.99. The first kappa shape index (κ1) is 5.90. The van der Waals surface area contributed by atoms with Crippen LogP contribution >= 0.6 is 0 Å². The molecule has 0 fully saturated rings. The molecule has 52 valence electrons. The van der Waals surface area contributed by atoms with Crippen LogP contribution in [0.1, 0.15) is 12.8 Å². The van der Waals surface area contributed by atoms with E-state index in [1.54, 1.807) is 0 Å². The van der Waals surface area contributed by atoms with Crippen molar-refractivity contribution in [2.75, 3.05) is 0 Å². The van der Waals surface area contributed by atoms with Crippen molar-refractivity contribution in [3.05, 3.63) is 23.8 Å². The Balaban J connectivity index is 2.21. The first-order valence-corrected chi connectivity index (χ1v) is 3.73. The number of aldehydes is 1. The summed E-state index contributed by atoms with van der Waals surface area (Å²) >= 11 is 0. The number of allylic oxidation sites excluding steroid dienone is 4. The lowest BCUT2D eigenvalue weighted by atomic mass is 9.95. The van der Waals surface area contributed by atoms with Gasteiger partial charge in [-0.2, -0.15) is 0 Å². The fourth-order valence-electron chi connectivity index (χ4n) is 1.89. The third-order valence-electron chi connectivity index (χ3n) is 2.48. The smallest absolute Gasteiger partial charge is 0.146 e. The molecule has 0 aromatic rings. The minimum atomic E-state index is 0.539. The molecule has 10 heavy (non-hydrogen) atoms. The molecule has 0 aromatic carbocycles. The fourth-order valence-corrected chi connectivity index (χ4v) is 1.89. The van der Waals surface area contributed by atoms with Crippen molar-refractivity contribution in [2.45, 2.75) is 12.8 Å². The van der Waals surface area contributed by atoms with Gasteiger partial charge in [-0.3, -0.25) is 4.79 Å². The first-order valence-electron chi connectivity index (χ1n) is 3.73. The SMILES string of the molecule is O=CC1=CCC2C=CCC12. The van der Waals surface area contributed by atoms with Crippen LogP contribution in [0.2, 0.25) is 0 Å². The molecule has 2 atom stereocenters. The van der Waals surface area contributed by atoms with Gasteiger partial charge in [-0.1, -0.05) is 18.2 Å². The van der Waals surface area contributed by atoms with Crippen LogP contribution in [0.5, 0.6) is 0 Å². The largest absolute Gasteiger partial charge is 0.298 e. The van der Waals surface area contributed by atoms with Gasteiger partial charge in [-0.15, -0.1) is 0 Å². The molecule has 2 aliphatic rings. The molecule has 0 aromatic heterocycles. The first-order chi connectivity index (χ1) is 4.92. The number of carbonyl (C=O) groups is 1. The van der Waals surface area contributed by atoms with Gasteiger partial charge in [0.15, 0.2) is 0 Å². The normalized spacial score (nSPS) is 35.8. The van der Waals surface area contributed by atoms with Gasteiger partial charge in [0.2, 0.25) is 0 Å². The van der Waals surface area contributed by atoms with Crippen molar-refractivity contribution in [1.29, 1.82) is 0 Å². The summed E-state index contributed by atoms with van der Waals surface area (Å²) in [4.78, 5) is 10.5. The molecule has 0 spiro atoms. The maximum Gasteiger partial charge on any atom is 0.146 e. The molecule has 2 aliphatic carbocycles. The number of carbonyl (C=O) groups excluding carboxylic acids is 1. The van der Waals surface area contributed by atoms with Crippen LogP contribution in [0.4, 0.5) is 0 Å². The second-order valence-electron chi connectivity index (χ2n) is 2.99. The predicted octanol–water partition coefficient (Wildman–Crippen LogP) is 1.71. The van der Waals surface area contributed by atoms with E-state index >= 15 is 0 Å². The van der Waals surface area contributed by atoms with Gasteiger partial charge in [0, 0.05) is 0 Å². The lowest BCUT2D eigenvalue weighted by Crippen LogP contribution is -2.03. The van der Waals surface area contributed by atoms with Gasteiger partial charge in [0.25, 0.3) is 0 Å². The molecular weight excluding hydrogens is 124 g/mol. The van der Waals surface area contributed by atoms with E-state index in [1.165, 1.54) is 0 Å². The molecule has 0 radical (unpaired) electrons. The molecule has 2 unspecified atom stereocenters. The van der Waals surface area contributed by atoms with Crippen LogP contribution in [0.3, 0.4) is 0 Å². The van der Waals surface area contributed by atoms with Crippen LogP contribution in [-0.4, -0.2) is 6.29 Å². The van der Waals surface area contributed by atoms with Gasteiger partial charge in [0.05, 0.1) is 0 Å². The summed E-state index contributed by atoms with van der Waals surface area (Å²) in [6, 6.07) is 0. The maximum atomic E-state index is 10.5. The molecule has 0 saturated heterocycles. The highest BCUT2D eigenvalue weighted by atomic mass is 16.1. The highest BCUT2D eigenvalue weighted by molar-refractivity contribution is 5.75. The summed E-state index contributed by atoms with van der Waals surface area (Å²) in [7, 11) is 0. The van der Waals surface area contributed by atoms with Crippen molar-refractivity contribution in [3.8, 4) is 0 Å². The topological polar surface area (TPSA) is 17.1 Å². The van der Waals surface area contributed by atoms with Gasteiger partial charge in [-0.25, -0.2) is 0 Å². The quantitative estimate of drug-likeness (QED) is 0.394. The third-order valence-corrected chi connectivity index (χ3v) is 2.48. The summed E-state index contributed by atoms with van der Waals surface area (Å²) in [5, 5.41) is 0. The van der Waals surface area contributed by atoms with Crippen molar-refractivity contribution >= 4 is 6.29 Å². The molecule has 0 aliphatic heterocycles. The van der Waals surface area contributed by atoms with E-state index in [4.69, 9.17) is 0 Å². The summed E-state index contributed by atoms with van der Waals surface area (Å²) in [6.45, 7) is 0. The monoisotopic (exact) mass is 134 g/mol. The Bertz CT molecular complexity index is 213. The highest BCUT2D eigenvalue weighted by Crippen LogP contribution is 2.38. The minimum absolute atomic E-state index is 0.539. The molecule has 1 nitrogen and oxygen atoms in total. The van der Waals surface area contributed by atoms with E-state index in [2.05, 4.69) is 18.2 Å². The molecular formula is C9H10O. The van der Waals surface area contributed by atoms with Crippen LogP contribution in [0, 0.1) is 11.8 Å². The third kappa shape index (κ3) is 0.666. The molecule has 0 saturated carbocycles. The van der Waals surface area contributed by atoms with Crippen molar-refractivity contribution in [3.63, 3.8) is 0 Å². The van der Waals surface area contributed by atoms with Gasteiger partial charge < -0.3 is 0 Å². The summed E-state index contributed by atoms with van der Waals surface area (Å²) < 4.78 is 0.